The minimum absolute atomic E-state index is 0.0125. The summed E-state index contributed by atoms with van der Waals surface area (Å²) in [5.74, 6) is 0.239. The number of carbonyl (C=O) groups is 1. The molecule has 0 heterocycles. The van der Waals surface area contributed by atoms with Gasteiger partial charge in [-0.3, -0.25) is 4.79 Å². The van der Waals surface area contributed by atoms with Crippen LogP contribution in [0.3, 0.4) is 0 Å². The van der Waals surface area contributed by atoms with Crippen LogP contribution in [0.5, 0.6) is 0 Å². The summed E-state index contributed by atoms with van der Waals surface area (Å²) in [6.07, 6.45) is 4.38. The third-order valence-electron chi connectivity index (χ3n) is 2.54. The lowest BCUT2D eigenvalue weighted by Gasteiger charge is -2.28. The fourth-order valence-corrected chi connectivity index (χ4v) is 1.77. The van der Waals surface area contributed by atoms with Crippen molar-refractivity contribution < 1.29 is 4.79 Å². The van der Waals surface area contributed by atoms with E-state index in [0.29, 0.717) is 6.04 Å². The minimum atomic E-state index is -0.0125. The quantitative estimate of drug-likeness (QED) is 0.515. The van der Waals surface area contributed by atoms with Crippen LogP contribution in [-0.4, -0.2) is 28.2 Å². The van der Waals surface area contributed by atoms with E-state index in [9.17, 15) is 4.79 Å². The zero-order valence-corrected chi connectivity index (χ0v) is 12.0. The van der Waals surface area contributed by atoms with Gasteiger partial charge in [0.1, 0.15) is 0 Å². The molecule has 0 rings (SSSR count). The van der Waals surface area contributed by atoms with Crippen LogP contribution in [0.15, 0.2) is 0 Å². The van der Waals surface area contributed by atoms with E-state index in [-0.39, 0.29) is 10.7 Å². The van der Waals surface area contributed by atoms with Crippen molar-refractivity contribution in [1.29, 1.82) is 0 Å². The fraction of sp³-hybridized carbons (Fsp3) is 0.917. The van der Waals surface area contributed by atoms with Gasteiger partial charge < -0.3 is 4.90 Å². The molecule has 0 spiro atoms. The first-order valence-corrected chi connectivity index (χ1v) is 6.90. The van der Waals surface area contributed by atoms with Gasteiger partial charge in [-0.15, -0.1) is 0 Å². The second kappa shape index (κ2) is 8.14. The molecule has 3 heteroatoms. The number of hydrogen-bond donors (Lipinski definition) is 0. The van der Waals surface area contributed by atoms with Crippen molar-refractivity contribution in [2.45, 2.75) is 64.2 Å². The number of carbonyl (C=O) groups excluding carboxylic acids is 1. The molecule has 0 bridgehead atoms. The highest BCUT2D eigenvalue weighted by atomic mass is 79.9. The summed E-state index contributed by atoms with van der Waals surface area (Å²) < 4.78 is 0. The largest absolute Gasteiger partial charge is 0.339 e. The van der Waals surface area contributed by atoms with Crippen molar-refractivity contribution >= 4 is 21.8 Å². The second-order valence-corrected chi connectivity index (χ2v) is 5.31. The van der Waals surface area contributed by atoms with Crippen LogP contribution >= 0.6 is 15.9 Å². The Bertz CT molecular complexity index is 182. The van der Waals surface area contributed by atoms with Gasteiger partial charge in [0.25, 0.3) is 0 Å². The van der Waals surface area contributed by atoms with E-state index < -0.39 is 0 Å². The lowest BCUT2D eigenvalue weighted by Crippen LogP contribution is -2.41. The molecule has 0 aliphatic carbocycles. The molecule has 0 aromatic heterocycles. The Hall–Kier alpha value is -0.0500. The molecule has 0 saturated heterocycles. The van der Waals surface area contributed by atoms with E-state index in [0.717, 1.165) is 19.4 Å². The van der Waals surface area contributed by atoms with Crippen LogP contribution in [0.25, 0.3) is 0 Å². The van der Waals surface area contributed by atoms with E-state index in [1.165, 1.54) is 12.8 Å². The van der Waals surface area contributed by atoms with Crippen molar-refractivity contribution in [3.63, 3.8) is 0 Å². The van der Waals surface area contributed by atoms with Crippen molar-refractivity contribution in [3.8, 4) is 0 Å². The Balaban J connectivity index is 4.19. The lowest BCUT2D eigenvalue weighted by molar-refractivity contribution is -0.132. The normalized spacial score (nSPS) is 12.9. The maximum Gasteiger partial charge on any atom is 0.236 e. The number of nitrogens with zero attached hydrogens (tertiary/aromatic N) is 1. The van der Waals surface area contributed by atoms with E-state index in [4.69, 9.17) is 0 Å². The predicted octanol–water partition coefficient (Wildman–Crippen LogP) is 3.59. The SMILES string of the molecule is CCCCCN(C(=O)C(Br)CC)C(C)C. The molecule has 0 aliphatic rings. The molecule has 0 N–H and O–H groups in total. The molecule has 15 heavy (non-hydrogen) atoms. The molecule has 1 unspecified atom stereocenters. The van der Waals surface area contributed by atoms with Crippen LogP contribution in [0.4, 0.5) is 0 Å². The molecular formula is C12H24BrNO. The Morgan fingerprint density at radius 3 is 2.27 bits per heavy atom. The topological polar surface area (TPSA) is 20.3 Å². The van der Waals surface area contributed by atoms with Crippen LogP contribution in [0, 0.1) is 0 Å². The summed E-state index contributed by atoms with van der Waals surface area (Å²) in [4.78, 5) is 14.0. The molecule has 1 amide bonds. The summed E-state index contributed by atoms with van der Waals surface area (Å²) in [7, 11) is 0. The molecule has 1 atom stereocenters. The summed E-state index contributed by atoms with van der Waals surface area (Å²) in [6.45, 7) is 9.27. The summed E-state index contributed by atoms with van der Waals surface area (Å²) in [5.41, 5.74) is 0. The summed E-state index contributed by atoms with van der Waals surface area (Å²) in [5, 5.41) is 0. The lowest BCUT2D eigenvalue weighted by atomic mass is 10.2. The van der Waals surface area contributed by atoms with Gasteiger partial charge in [-0.1, -0.05) is 42.6 Å². The number of hydrogen-bond acceptors (Lipinski definition) is 1. The Labute approximate surface area is 103 Å². The fourth-order valence-electron chi connectivity index (χ4n) is 1.51. The van der Waals surface area contributed by atoms with Crippen LogP contribution in [0.2, 0.25) is 0 Å². The average molecular weight is 278 g/mol. The monoisotopic (exact) mass is 277 g/mol. The van der Waals surface area contributed by atoms with Crippen LogP contribution < -0.4 is 0 Å². The van der Waals surface area contributed by atoms with E-state index in [2.05, 4.69) is 36.7 Å². The highest BCUT2D eigenvalue weighted by molar-refractivity contribution is 9.10. The number of unbranched alkanes of at least 4 members (excludes halogenated alkanes) is 2. The van der Waals surface area contributed by atoms with Crippen LogP contribution in [-0.2, 0) is 4.79 Å². The predicted molar refractivity (Wildman–Crippen MR) is 69.4 cm³/mol. The zero-order chi connectivity index (χ0) is 11.8. The third-order valence-corrected chi connectivity index (χ3v) is 3.57. The first kappa shape index (κ1) is 14.9. The molecular weight excluding hydrogens is 254 g/mol. The van der Waals surface area contributed by atoms with Gasteiger partial charge in [0.05, 0.1) is 4.83 Å². The third kappa shape index (κ3) is 5.55. The van der Waals surface area contributed by atoms with Crippen molar-refractivity contribution in [2.24, 2.45) is 0 Å². The van der Waals surface area contributed by atoms with Gasteiger partial charge in [0, 0.05) is 12.6 Å². The van der Waals surface area contributed by atoms with Gasteiger partial charge in [0.2, 0.25) is 5.91 Å². The number of amides is 1. The van der Waals surface area contributed by atoms with Crippen molar-refractivity contribution in [2.75, 3.05) is 6.54 Å². The summed E-state index contributed by atoms with van der Waals surface area (Å²) in [6, 6.07) is 0.306. The second-order valence-electron chi connectivity index (χ2n) is 4.21. The van der Waals surface area contributed by atoms with E-state index in [1.54, 1.807) is 0 Å². The number of rotatable bonds is 7. The molecule has 0 saturated carbocycles. The first-order valence-electron chi connectivity index (χ1n) is 5.99. The van der Waals surface area contributed by atoms with Gasteiger partial charge in [-0.05, 0) is 26.7 Å². The molecule has 0 fully saturated rings. The Morgan fingerprint density at radius 1 is 1.27 bits per heavy atom. The number of alkyl halides is 1. The van der Waals surface area contributed by atoms with Gasteiger partial charge in [0.15, 0.2) is 0 Å². The zero-order valence-electron chi connectivity index (χ0n) is 10.4. The van der Waals surface area contributed by atoms with E-state index in [1.807, 2.05) is 11.8 Å². The Kier molecular flexibility index (Phi) is 8.12. The van der Waals surface area contributed by atoms with Gasteiger partial charge >= 0.3 is 0 Å². The maximum atomic E-state index is 12.0. The Morgan fingerprint density at radius 2 is 1.87 bits per heavy atom. The minimum Gasteiger partial charge on any atom is -0.339 e. The molecule has 0 aromatic rings. The molecule has 0 radical (unpaired) electrons. The summed E-state index contributed by atoms with van der Waals surface area (Å²) >= 11 is 3.43. The smallest absolute Gasteiger partial charge is 0.236 e. The highest BCUT2D eigenvalue weighted by Gasteiger charge is 2.21. The maximum absolute atomic E-state index is 12.0. The number of halogens is 1. The molecule has 2 nitrogen and oxygen atoms in total. The van der Waals surface area contributed by atoms with Crippen LogP contribution in [0.1, 0.15) is 53.4 Å². The highest BCUT2D eigenvalue weighted by Crippen LogP contribution is 2.13. The van der Waals surface area contributed by atoms with Gasteiger partial charge in [-0.2, -0.15) is 0 Å². The average Bonchev–Trinajstić information content (AvgIpc) is 2.22. The van der Waals surface area contributed by atoms with Gasteiger partial charge in [-0.25, -0.2) is 0 Å². The first-order chi connectivity index (χ1) is 7.04. The molecule has 0 aromatic carbocycles. The van der Waals surface area contributed by atoms with E-state index >= 15 is 0 Å². The standard InChI is InChI=1S/C12H24BrNO/c1-5-7-8-9-14(10(3)4)12(15)11(13)6-2/h10-11H,5-9H2,1-4H3. The van der Waals surface area contributed by atoms with Crippen molar-refractivity contribution in [1.82, 2.24) is 4.90 Å². The van der Waals surface area contributed by atoms with Crippen molar-refractivity contribution in [3.05, 3.63) is 0 Å². The molecule has 0 aliphatic heterocycles. The molecule has 90 valence electrons.